The van der Waals surface area contributed by atoms with Crippen molar-refractivity contribution < 1.29 is 14.6 Å². The summed E-state index contributed by atoms with van der Waals surface area (Å²) < 4.78 is 5.29. The minimum atomic E-state index is -0.914. The first kappa shape index (κ1) is 15.0. The van der Waals surface area contributed by atoms with Crippen LogP contribution in [-0.4, -0.2) is 24.3 Å². The lowest BCUT2D eigenvalue weighted by Gasteiger charge is -2.28. The second-order valence-corrected chi connectivity index (χ2v) is 4.37. The number of carboxylic acid groups (broad SMARTS) is 1. The van der Waals surface area contributed by atoms with Gasteiger partial charge in [-0.25, -0.2) is 4.79 Å². The highest BCUT2D eigenvalue weighted by Gasteiger charge is 2.25. The molecule has 0 saturated carbocycles. The van der Waals surface area contributed by atoms with Crippen LogP contribution in [0.4, 0.5) is 0 Å². The molecule has 5 heteroatoms. The lowest BCUT2D eigenvalue weighted by Crippen LogP contribution is -2.28. The van der Waals surface area contributed by atoms with E-state index in [9.17, 15) is 4.79 Å². The van der Waals surface area contributed by atoms with Gasteiger partial charge >= 0.3 is 5.97 Å². The van der Waals surface area contributed by atoms with Crippen molar-refractivity contribution in [1.29, 1.82) is 0 Å². The van der Waals surface area contributed by atoms with Crippen LogP contribution < -0.4 is 5.73 Å². The van der Waals surface area contributed by atoms with Gasteiger partial charge in [0.05, 0.1) is 5.56 Å². The van der Waals surface area contributed by atoms with Crippen LogP contribution in [0.5, 0.6) is 0 Å². The molecule has 0 bridgehead atoms. The summed E-state index contributed by atoms with van der Waals surface area (Å²) in [5, 5.41) is 9.13. The molecule has 1 aromatic rings. The molecule has 0 amide bonds. The Labute approximate surface area is 113 Å². The van der Waals surface area contributed by atoms with E-state index in [-0.39, 0.29) is 18.4 Å². The molecule has 0 radical (unpaired) electrons. The Hall–Kier alpha value is -1.10. The van der Waals surface area contributed by atoms with Crippen LogP contribution in [0.25, 0.3) is 0 Å². The van der Waals surface area contributed by atoms with E-state index in [0.29, 0.717) is 24.7 Å². The van der Waals surface area contributed by atoms with Gasteiger partial charge in [-0.1, -0.05) is 18.2 Å². The lowest BCUT2D eigenvalue weighted by molar-refractivity contribution is 0.0578. The highest BCUT2D eigenvalue weighted by Crippen LogP contribution is 2.29. The van der Waals surface area contributed by atoms with Crippen LogP contribution in [-0.2, 0) is 4.74 Å². The zero-order valence-corrected chi connectivity index (χ0v) is 10.9. The molecule has 1 atom stereocenters. The maximum atomic E-state index is 11.1. The highest BCUT2D eigenvalue weighted by atomic mass is 35.5. The second kappa shape index (κ2) is 6.73. The molecule has 2 rings (SSSR count). The third kappa shape index (κ3) is 3.22. The normalized spacial score (nSPS) is 17.8. The van der Waals surface area contributed by atoms with Crippen molar-refractivity contribution in [2.75, 3.05) is 13.2 Å². The number of carboxylic acids is 1. The van der Waals surface area contributed by atoms with E-state index in [1.54, 1.807) is 12.1 Å². The largest absolute Gasteiger partial charge is 0.478 e. The fourth-order valence-corrected chi connectivity index (χ4v) is 2.31. The quantitative estimate of drug-likeness (QED) is 0.884. The zero-order valence-electron chi connectivity index (χ0n) is 10.0. The average Bonchev–Trinajstić information content (AvgIpc) is 2.39. The van der Waals surface area contributed by atoms with E-state index >= 15 is 0 Å². The molecule has 1 heterocycles. The molecule has 1 saturated heterocycles. The monoisotopic (exact) mass is 271 g/mol. The summed E-state index contributed by atoms with van der Waals surface area (Å²) in [4.78, 5) is 11.1. The standard InChI is InChI=1S/C13H17NO3.ClH/c14-12(9-5-7-17-8-6-9)10-3-1-2-4-11(10)13(15)16;/h1-4,9,12H,5-8,14H2,(H,15,16);1H/t12-;/m1./s1. The van der Waals surface area contributed by atoms with Crippen LogP contribution in [0, 0.1) is 5.92 Å². The summed E-state index contributed by atoms with van der Waals surface area (Å²) in [6.07, 6.45) is 1.80. The summed E-state index contributed by atoms with van der Waals surface area (Å²) >= 11 is 0. The summed E-state index contributed by atoms with van der Waals surface area (Å²) in [6, 6.07) is 6.76. The number of rotatable bonds is 3. The van der Waals surface area contributed by atoms with E-state index < -0.39 is 5.97 Å². The first-order valence-electron chi connectivity index (χ1n) is 5.85. The Morgan fingerprint density at radius 3 is 2.56 bits per heavy atom. The molecule has 0 unspecified atom stereocenters. The number of benzene rings is 1. The molecule has 0 spiro atoms. The number of nitrogens with two attached hydrogens (primary N) is 1. The van der Waals surface area contributed by atoms with Crippen molar-refractivity contribution >= 4 is 18.4 Å². The number of ether oxygens (including phenoxy) is 1. The van der Waals surface area contributed by atoms with Gasteiger partial charge in [0.2, 0.25) is 0 Å². The van der Waals surface area contributed by atoms with Gasteiger partial charge in [0.1, 0.15) is 0 Å². The number of hydrogen-bond donors (Lipinski definition) is 2. The van der Waals surface area contributed by atoms with E-state index in [2.05, 4.69) is 0 Å². The average molecular weight is 272 g/mol. The molecule has 1 fully saturated rings. The minimum Gasteiger partial charge on any atom is -0.478 e. The van der Waals surface area contributed by atoms with Gasteiger partial charge in [0.15, 0.2) is 0 Å². The Bertz CT molecular complexity index is 405. The number of carbonyl (C=O) groups is 1. The fourth-order valence-electron chi connectivity index (χ4n) is 2.31. The van der Waals surface area contributed by atoms with E-state index in [0.717, 1.165) is 18.4 Å². The third-order valence-corrected chi connectivity index (χ3v) is 3.32. The lowest BCUT2D eigenvalue weighted by atomic mass is 9.86. The van der Waals surface area contributed by atoms with Crippen LogP contribution in [0.15, 0.2) is 24.3 Å². The minimum absolute atomic E-state index is 0. The van der Waals surface area contributed by atoms with Gasteiger partial charge in [-0.2, -0.15) is 0 Å². The zero-order chi connectivity index (χ0) is 12.3. The van der Waals surface area contributed by atoms with Crippen molar-refractivity contribution in [3.63, 3.8) is 0 Å². The van der Waals surface area contributed by atoms with Crippen LogP contribution in [0.1, 0.15) is 34.8 Å². The van der Waals surface area contributed by atoms with Crippen molar-refractivity contribution in [1.82, 2.24) is 0 Å². The van der Waals surface area contributed by atoms with Crippen LogP contribution >= 0.6 is 12.4 Å². The van der Waals surface area contributed by atoms with Crippen molar-refractivity contribution in [3.8, 4) is 0 Å². The number of halogens is 1. The molecular formula is C13H18ClNO3. The third-order valence-electron chi connectivity index (χ3n) is 3.32. The first-order valence-corrected chi connectivity index (χ1v) is 5.85. The molecule has 0 aliphatic carbocycles. The highest BCUT2D eigenvalue weighted by molar-refractivity contribution is 5.89. The second-order valence-electron chi connectivity index (χ2n) is 4.37. The summed E-state index contributed by atoms with van der Waals surface area (Å²) in [7, 11) is 0. The van der Waals surface area contributed by atoms with Crippen LogP contribution in [0.2, 0.25) is 0 Å². The molecule has 1 aromatic carbocycles. The number of aromatic carboxylic acids is 1. The topological polar surface area (TPSA) is 72.6 Å². The molecule has 18 heavy (non-hydrogen) atoms. The maximum Gasteiger partial charge on any atom is 0.336 e. The molecule has 1 aliphatic heterocycles. The molecule has 3 N–H and O–H groups in total. The number of hydrogen-bond acceptors (Lipinski definition) is 3. The van der Waals surface area contributed by atoms with Gasteiger partial charge in [0.25, 0.3) is 0 Å². The molecular weight excluding hydrogens is 254 g/mol. The Morgan fingerprint density at radius 1 is 1.33 bits per heavy atom. The van der Waals surface area contributed by atoms with Gasteiger partial charge < -0.3 is 15.6 Å². The van der Waals surface area contributed by atoms with Gasteiger partial charge in [-0.3, -0.25) is 0 Å². The van der Waals surface area contributed by atoms with Crippen LogP contribution in [0.3, 0.4) is 0 Å². The molecule has 4 nitrogen and oxygen atoms in total. The van der Waals surface area contributed by atoms with E-state index in [1.165, 1.54) is 0 Å². The predicted molar refractivity (Wildman–Crippen MR) is 71.1 cm³/mol. The molecule has 0 aromatic heterocycles. The Kier molecular flexibility index (Phi) is 5.59. The summed E-state index contributed by atoms with van der Waals surface area (Å²) in [5.41, 5.74) is 7.23. The van der Waals surface area contributed by atoms with Crippen molar-refractivity contribution in [2.45, 2.75) is 18.9 Å². The van der Waals surface area contributed by atoms with Crippen molar-refractivity contribution in [2.24, 2.45) is 11.7 Å². The Morgan fingerprint density at radius 2 is 1.94 bits per heavy atom. The van der Waals surface area contributed by atoms with E-state index in [4.69, 9.17) is 15.6 Å². The maximum absolute atomic E-state index is 11.1. The summed E-state index contributed by atoms with van der Waals surface area (Å²) in [5.74, 6) is -0.604. The first-order chi connectivity index (χ1) is 8.20. The fraction of sp³-hybridized carbons (Fsp3) is 0.462. The van der Waals surface area contributed by atoms with Gasteiger partial charge in [-0.15, -0.1) is 12.4 Å². The van der Waals surface area contributed by atoms with Crippen molar-refractivity contribution in [3.05, 3.63) is 35.4 Å². The van der Waals surface area contributed by atoms with Gasteiger partial charge in [0, 0.05) is 19.3 Å². The predicted octanol–water partition coefficient (Wildman–Crippen LogP) is 2.23. The Balaban J connectivity index is 0.00000162. The SMILES string of the molecule is Cl.N[C@@H](c1ccccc1C(=O)O)C1CCOCC1. The van der Waals surface area contributed by atoms with E-state index in [1.807, 2.05) is 12.1 Å². The molecule has 100 valence electrons. The molecule has 1 aliphatic rings. The smallest absolute Gasteiger partial charge is 0.336 e. The van der Waals surface area contributed by atoms with Gasteiger partial charge in [-0.05, 0) is 30.4 Å². The summed E-state index contributed by atoms with van der Waals surface area (Å²) in [6.45, 7) is 1.43.